The Hall–Kier alpha value is -1.20. The van der Waals surface area contributed by atoms with Gasteiger partial charge in [-0.3, -0.25) is 4.90 Å². The van der Waals surface area contributed by atoms with Gasteiger partial charge in [-0.05, 0) is 44.5 Å². The molecule has 2 saturated heterocycles. The van der Waals surface area contributed by atoms with Crippen molar-refractivity contribution in [3.05, 3.63) is 29.6 Å². The zero-order chi connectivity index (χ0) is 15.0. The summed E-state index contributed by atoms with van der Waals surface area (Å²) >= 11 is 4.87. The summed E-state index contributed by atoms with van der Waals surface area (Å²) in [4.78, 5) is 5.02. The number of fused-ring (bicyclic) bond motifs is 1. The molecular formula is C16H22FN3S. The largest absolute Gasteiger partial charge is 0.389 e. The molecule has 0 spiro atoms. The molecule has 2 fully saturated rings. The number of anilines is 1. The van der Waals surface area contributed by atoms with Crippen LogP contribution in [0.3, 0.4) is 0 Å². The van der Waals surface area contributed by atoms with Crippen molar-refractivity contribution in [1.82, 2.24) is 4.90 Å². The van der Waals surface area contributed by atoms with E-state index in [4.69, 9.17) is 18.0 Å². The minimum absolute atomic E-state index is 0.115. The van der Waals surface area contributed by atoms with E-state index in [-0.39, 0.29) is 10.8 Å². The number of piperidine rings is 1. The van der Waals surface area contributed by atoms with E-state index in [9.17, 15) is 4.39 Å². The summed E-state index contributed by atoms with van der Waals surface area (Å²) < 4.78 is 14.1. The molecule has 21 heavy (non-hydrogen) atoms. The molecule has 2 aliphatic heterocycles. The average Bonchev–Trinajstić information content (AvgIpc) is 2.46. The number of halogens is 1. The number of rotatable bonds is 2. The fraction of sp³-hybridized carbons (Fsp3) is 0.562. The van der Waals surface area contributed by atoms with E-state index in [2.05, 4.69) is 16.7 Å². The Kier molecular flexibility index (Phi) is 4.13. The summed E-state index contributed by atoms with van der Waals surface area (Å²) in [7, 11) is 0. The predicted molar refractivity (Wildman–Crippen MR) is 88.3 cm³/mol. The molecule has 2 N–H and O–H groups in total. The van der Waals surface area contributed by atoms with Crippen LogP contribution in [-0.2, 0) is 0 Å². The van der Waals surface area contributed by atoms with Gasteiger partial charge in [0.05, 0.1) is 0 Å². The van der Waals surface area contributed by atoms with Gasteiger partial charge in [-0.1, -0.05) is 18.6 Å². The van der Waals surface area contributed by atoms with Crippen molar-refractivity contribution in [2.75, 3.05) is 24.5 Å². The van der Waals surface area contributed by atoms with Gasteiger partial charge >= 0.3 is 0 Å². The molecule has 3 nitrogen and oxygen atoms in total. The molecule has 2 unspecified atom stereocenters. The summed E-state index contributed by atoms with van der Waals surface area (Å²) in [5.41, 5.74) is 6.80. The molecule has 0 aliphatic carbocycles. The van der Waals surface area contributed by atoms with Crippen LogP contribution in [0.25, 0.3) is 0 Å². The molecule has 0 amide bonds. The third kappa shape index (κ3) is 2.90. The topological polar surface area (TPSA) is 32.5 Å². The first-order valence-corrected chi connectivity index (χ1v) is 8.07. The van der Waals surface area contributed by atoms with Gasteiger partial charge in [0.1, 0.15) is 10.8 Å². The fourth-order valence-corrected chi connectivity index (χ4v) is 3.76. The molecule has 1 aromatic rings. The maximum absolute atomic E-state index is 14.1. The Morgan fingerprint density at radius 3 is 2.86 bits per heavy atom. The first kappa shape index (κ1) is 14.7. The number of hydrogen-bond donors (Lipinski definition) is 1. The number of piperazine rings is 1. The highest BCUT2D eigenvalue weighted by molar-refractivity contribution is 7.80. The number of thiocarbonyl (C=S) groups is 1. The Labute approximate surface area is 130 Å². The molecule has 2 aliphatic rings. The zero-order valence-corrected chi connectivity index (χ0v) is 13.2. The van der Waals surface area contributed by atoms with Crippen LogP contribution >= 0.6 is 12.2 Å². The number of nitrogens with two attached hydrogens (primary N) is 1. The zero-order valence-electron chi connectivity index (χ0n) is 12.4. The van der Waals surface area contributed by atoms with Crippen LogP contribution in [0, 0.1) is 5.82 Å². The molecule has 3 rings (SSSR count). The Morgan fingerprint density at radius 1 is 1.33 bits per heavy atom. The van der Waals surface area contributed by atoms with Crippen molar-refractivity contribution >= 4 is 22.9 Å². The standard InChI is InChI=1S/C16H22FN3S/c1-11-9-19-7-3-2-4-13(19)10-20(11)12-5-6-14(16(18)21)15(17)8-12/h5-6,8,11,13H,2-4,7,9-10H2,1H3,(H2,18,21). The molecule has 0 radical (unpaired) electrons. The molecule has 2 heterocycles. The maximum atomic E-state index is 14.1. The maximum Gasteiger partial charge on any atom is 0.135 e. The normalized spacial score (nSPS) is 26.5. The predicted octanol–water partition coefficient (Wildman–Crippen LogP) is 2.52. The van der Waals surface area contributed by atoms with Crippen molar-refractivity contribution in [2.45, 2.75) is 38.3 Å². The Morgan fingerprint density at radius 2 is 2.14 bits per heavy atom. The second-order valence-electron chi connectivity index (χ2n) is 6.17. The van der Waals surface area contributed by atoms with Crippen LogP contribution in [0.15, 0.2) is 18.2 Å². The van der Waals surface area contributed by atoms with Crippen LogP contribution in [0.4, 0.5) is 10.1 Å². The summed E-state index contributed by atoms with van der Waals surface area (Å²) in [6.07, 6.45) is 3.86. The van der Waals surface area contributed by atoms with Gasteiger partial charge in [-0.15, -0.1) is 0 Å². The van der Waals surface area contributed by atoms with Crippen molar-refractivity contribution < 1.29 is 4.39 Å². The van der Waals surface area contributed by atoms with E-state index in [0.717, 1.165) is 18.8 Å². The highest BCUT2D eigenvalue weighted by Crippen LogP contribution is 2.29. The SMILES string of the molecule is CC1CN2CCCCC2CN1c1ccc(C(N)=S)c(F)c1. The average molecular weight is 307 g/mol. The molecule has 0 bridgehead atoms. The van der Waals surface area contributed by atoms with E-state index in [1.54, 1.807) is 12.1 Å². The van der Waals surface area contributed by atoms with E-state index in [1.165, 1.54) is 25.8 Å². The third-order valence-corrected chi connectivity index (χ3v) is 4.96. The van der Waals surface area contributed by atoms with Gasteiger partial charge in [0.25, 0.3) is 0 Å². The second kappa shape index (κ2) is 5.89. The smallest absolute Gasteiger partial charge is 0.135 e. The van der Waals surface area contributed by atoms with Crippen LogP contribution in [0.1, 0.15) is 31.7 Å². The van der Waals surface area contributed by atoms with Crippen LogP contribution in [0.2, 0.25) is 0 Å². The summed E-state index contributed by atoms with van der Waals surface area (Å²) in [5, 5.41) is 0. The molecule has 5 heteroatoms. The minimum Gasteiger partial charge on any atom is -0.389 e. The van der Waals surface area contributed by atoms with Crippen LogP contribution in [0.5, 0.6) is 0 Å². The summed E-state index contributed by atoms with van der Waals surface area (Å²) in [6, 6.07) is 6.21. The van der Waals surface area contributed by atoms with Gasteiger partial charge in [0, 0.05) is 36.4 Å². The first-order chi connectivity index (χ1) is 10.1. The summed E-state index contributed by atoms with van der Waals surface area (Å²) in [5.74, 6) is -0.321. The van der Waals surface area contributed by atoms with Gasteiger partial charge in [-0.2, -0.15) is 0 Å². The lowest BCUT2D eigenvalue weighted by Gasteiger charge is -2.48. The van der Waals surface area contributed by atoms with Gasteiger partial charge in [0.15, 0.2) is 0 Å². The molecule has 0 saturated carbocycles. The van der Waals surface area contributed by atoms with Crippen molar-refractivity contribution in [3.63, 3.8) is 0 Å². The van der Waals surface area contributed by atoms with Gasteiger partial charge < -0.3 is 10.6 Å². The monoisotopic (exact) mass is 307 g/mol. The molecular weight excluding hydrogens is 285 g/mol. The lowest BCUT2D eigenvalue weighted by molar-refractivity contribution is 0.115. The molecule has 1 aromatic carbocycles. The van der Waals surface area contributed by atoms with E-state index >= 15 is 0 Å². The minimum atomic E-state index is -0.321. The highest BCUT2D eigenvalue weighted by Gasteiger charge is 2.33. The number of benzene rings is 1. The van der Waals surface area contributed by atoms with Crippen LogP contribution < -0.4 is 10.6 Å². The van der Waals surface area contributed by atoms with Gasteiger partial charge in [-0.25, -0.2) is 4.39 Å². The number of hydrogen-bond acceptors (Lipinski definition) is 3. The van der Waals surface area contributed by atoms with Gasteiger partial charge in [0.2, 0.25) is 0 Å². The third-order valence-electron chi connectivity index (χ3n) is 4.74. The van der Waals surface area contributed by atoms with Crippen LogP contribution in [-0.4, -0.2) is 41.6 Å². The second-order valence-corrected chi connectivity index (χ2v) is 6.61. The molecule has 114 valence electrons. The lowest BCUT2D eigenvalue weighted by atomic mass is 9.96. The van der Waals surface area contributed by atoms with Crippen molar-refractivity contribution in [1.29, 1.82) is 0 Å². The Balaban J connectivity index is 1.82. The Bertz CT molecular complexity index is 548. The molecule has 2 atom stereocenters. The summed E-state index contributed by atoms with van der Waals surface area (Å²) in [6.45, 7) is 5.46. The van der Waals surface area contributed by atoms with Crippen molar-refractivity contribution in [2.24, 2.45) is 5.73 Å². The fourth-order valence-electron chi connectivity index (χ4n) is 3.59. The van der Waals surface area contributed by atoms with Crippen molar-refractivity contribution in [3.8, 4) is 0 Å². The first-order valence-electron chi connectivity index (χ1n) is 7.66. The van der Waals surface area contributed by atoms with E-state index in [0.29, 0.717) is 17.6 Å². The quantitative estimate of drug-likeness (QED) is 0.851. The lowest BCUT2D eigenvalue weighted by Crippen LogP contribution is -2.58. The number of nitrogens with zero attached hydrogens (tertiary/aromatic N) is 2. The molecule has 0 aromatic heterocycles. The van der Waals surface area contributed by atoms with E-state index < -0.39 is 0 Å². The highest BCUT2D eigenvalue weighted by atomic mass is 32.1. The van der Waals surface area contributed by atoms with E-state index in [1.807, 2.05) is 6.07 Å².